The summed E-state index contributed by atoms with van der Waals surface area (Å²) in [7, 11) is 0. The van der Waals surface area contributed by atoms with Crippen molar-refractivity contribution in [2.75, 3.05) is 18.4 Å². The van der Waals surface area contributed by atoms with E-state index >= 15 is 0 Å². The van der Waals surface area contributed by atoms with Gasteiger partial charge in [-0.05, 0) is 20.8 Å². The molecule has 22 heavy (non-hydrogen) atoms. The largest absolute Gasteiger partial charge is 0.389 e. The van der Waals surface area contributed by atoms with Gasteiger partial charge in [0.1, 0.15) is 0 Å². The van der Waals surface area contributed by atoms with Gasteiger partial charge in [-0.1, -0.05) is 35.5 Å². The lowest BCUT2D eigenvalue weighted by atomic mass is 10.1. The number of aliphatic hydroxyl groups is 1. The highest BCUT2D eigenvalue weighted by Gasteiger charge is 2.22. The summed E-state index contributed by atoms with van der Waals surface area (Å²) in [4.78, 5) is 13.7. The molecule has 0 unspecified atom stereocenters. The average Bonchev–Trinajstić information content (AvgIpc) is 2.93. The molecule has 2 aromatic rings. The number of nitrogens with zero attached hydrogens (tertiary/aromatic N) is 2. The standard InChI is InChI=1S/C16H21N3O3/c1-4-19(11-16(2,3)21)15(20)17-14-10-13(22-18-14)12-8-6-5-7-9-12/h5-10,21H,4,11H2,1-3H3,(H,17,18,20). The van der Waals surface area contributed by atoms with E-state index in [9.17, 15) is 9.90 Å². The lowest BCUT2D eigenvalue weighted by Gasteiger charge is -2.27. The van der Waals surface area contributed by atoms with Crippen LogP contribution in [-0.4, -0.2) is 39.9 Å². The highest BCUT2D eigenvalue weighted by molar-refractivity contribution is 5.88. The molecule has 0 aliphatic rings. The van der Waals surface area contributed by atoms with Crippen molar-refractivity contribution < 1.29 is 14.4 Å². The maximum Gasteiger partial charge on any atom is 0.323 e. The first-order valence-electron chi connectivity index (χ1n) is 7.19. The minimum absolute atomic E-state index is 0.235. The zero-order valence-electron chi connectivity index (χ0n) is 13.0. The van der Waals surface area contributed by atoms with Crippen molar-refractivity contribution in [1.82, 2.24) is 10.1 Å². The summed E-state index contributed by atoms with van der Waals surface area (Å²) in [5.74, 6) is 0.930. The van der Waals surface area contributed by atoms with Gasteiger partial charge in [-0.3, -0.25) is 5.32 Å². The maximum absolute atomic E-state index is 12.2. The van der Waals surface area contributed by atoms with E-state index in [1.165, 1.54) is 4.90 Å². The molecule has 6 nitrogen and oxygen atoms in total. The van der Waals surface area contributed by atoms with Crippen LogP contribution in [0.4, 0.5) is 10.6 Å². The van der Waals surface area contributed by atoms with Crippen molar-refractivity contribution in [3.8, 4) is 11.3 Å². The Bertz CT molecular complexity index is 617. The van der Waals surface area contributed by atoms with Crippen LogP contribution in [0, 0.1) is 0 Å². The Morgan fingerprint density at radius 1 is 1.36 bits per heavy atom. The number of hydrogen-bond donors (Lipinski definition) is 2. The van der Waals surface area contributed by atoms with Gasteiger partial charge in [0.15, 0.2) is 11.6 Å². The fourth-order valence-corrected chi connectivity index (χ4v) is 2.06. The van der Waals surface area contributed by atoms with E-state index in [1.807, 2.05) is 37.3 Å². The topological polar surface area (TPSA) is 78.6 Å². The quantitative estimate of drug-likeness (QED) is 0.890. The molecule has 0 aliphatic carbocycles. The zero-order valence-corrected chi connectivity index (χ0v) is 13.0. The van der Waals surface area contributed by atoms with E-state index in [0.29, 0.717) is 18.1 Å². The molecular weight excluding hydrogens is 282 g/mol. The predicted octanol–water partition coefficient (Wildman–Crippen LogP) is 2.97. The van der Waals surface area contributed by atoms with Gasteiger partial charge in [0, 0.05) is 18.2 Å². The lowest BCUT2D eigenvalue weighted by Crippen LogP contribution is -2.44. The minimum atomic E-state index is -0.952. The number of urea groups is 1. The van der Waals surface area contributed by atoms with Crippen LogP contribution in [0.15, 0.2) is 40.9 Å². The molecular formula is C16H21N3O3. The molecule has 0 atom stereocenters. The van der Waals surface area contributed by atoms with Crippen molar-refractivity contribution in [3.63, 3.8) is 0 Å². The molecule has 0 bridgehead atoms. The summed E-state index contributed by atoms with van der Waals surface area (Å²) in [5, 5.41) is 16.4. The molecule has 0 fully saturated rings. The summed E-state index contributed by atoms with van der Waals surface area (Å²) in [6.07, 6.45) is 0. The minimum Gasteiger partial charge on any atom is -0.389 e. The normalized spacial score (nSPS) is 11.3. The summed E-state index contributed by atoms with van der Waals surface area (Å²) in [6, 6.07) is 10.9. The summed E-state index contributed by atoms with van der Waals surface area (Å²) >= 11 is 0. The molecule has 0 saturated carbocycles. The molecule has 0 aliphatic heterocycles. The Balaban J connectivity index is 2.04. The van der Waals surface area contributed by atoms with E-state index in [1.54, 1.807) is 19.9 Å². The van der Waals surface area contributed by atoms with Crippen LogP contribution in [0.1, 0.15) is 20.8 Å². The third-order valence-corrected chi connectivity index (χ3v) is 3.05. The lowest BCUT2D eigenvalue weighted by molar-refractivity contribution is 0.0501. The fourth-order valence-electron chi connectivity index (χ4n) is 2.06. The number of hydrogen-bond acceptors (Lipinski definition) is 4. The van der Waals surface area contributed by atoms with Gasteiger partial charge in [0.05, 0.1) is 12.1 Å². The molecule has 2 rings (SSSR count). The third-order valence-electron chi connectivity index (χ3n) is 3.05. The Labute approximate surface area is 129 Å². The molecule has 2 N–H and O–H groups in total. The monoisotopic (exact) mass is 303 g/mol. The van der Waals surface area contributed by atoms with Crippen molar-refractivity contribution in [3.05, 3.63) is 36.4 Å². The first-order chi connectivity index (χ1) is 10.4. The molecule has 0 spiro atoms. The second-order valence-corrected chi connectivity index (χ2v) is 5.70. The Morgan fingerprint density at radius 2 is 2.05 bits per heavy atom. The van der Waals surface area contributed by atoms with Gasteiger partial charge in [-0.25, -0.2) is 4.79 Å². The summed E-state index contributed by atoms with van der Waals surface area (Å²) in [6.45, 7) is 5.89. The number of rotatable bonds is 5. The van der Waals surface area contributed by atoms with Crippen molar-refractivity contribution in [2.24, 2.45) is 0 Å². The van der Waals surface area contributed by atoms with Crippen LogP contribution in [-0.2, 0) is 0 Å². The SMILES string of the molecule is CCN(CC(C)(C)O)C(=O)Nc1cc(-c2ccccc2)on1. The molecule has 2 amide bonds. The number of benzene rings is 1. The van der Waals surface area contributed by atoms with Crippen LogP contribution in [0.25, 0.3) is 11.3 Å². The van der Waals surface area contributed by atoms with Crippen LogP contribution >= 0.6 is 0 Å². The van der Waals surface area contributed by atoms with E-state index in [4.69, 9.17) is 4.52 Å². The first-order valence-corrected chi connectivity index (χ1v) is 7.19. The molecule has 6 heteroatoms. The number of likely N-dealkylation sites (N-methyl/N-ethyl adjacent to an activating group) is 1. The van der Waals surface area contributed by atoms with Crippen molar-refractivity contribution in [1.29, 1.82) is 0 Å². The van der Waals surface area contributed by atoms with Crippen molar-refractivity contribution in [2.45, 2.75) is 26.4 Å². The van der Waals surface area contributed by atoms with Crippen molar-refractivity contribution >= 4 is 11.8 Å². The van der Waals surface area contributed by atoms with Gasteiger partial charge < -0.3 is 14.5 Å². The van der Waals surface area contributed by atoms with Gasteiger partial charge >= 0.3 is 6.03 Å². The summed E-state index contributed by atoms with van der Waals surface area (Å²) < 4.78 is 5.23. The number of amides is 2. The van der Waals surface area contributed by atoms with Crippen LogP contribution in [0.3, 0.4) is 0 Å². The molecule has 0 radical (unpaired) electrons. The zero-order chi connectivity index (χ0) is 16.2. The Kier molecular flexibility index (Phi) is 4.82. The van der Waals surface area contributed by atoms with Gasteiger partial charge in [-0.2, -0.15) is 0 Å². The average molecular weight is 303 g/mol. The molecule has 118 valence electrons. The molecule has 1 heterocycles. The van der Waals surface area contributed by atoms with E-state index < -0.39 is 5.60 Å². The second kappa shape index (κ2) is 6.62. The Morgan fingerprint density at radius 3 is 2.64 bits per heavy atom. The van der Waals surface area contributed by atoms with Crippen LogP contribution in [0.2, 0.25) is 0 Å². The van der Waals surface area contributed by atoms with E-state index in [-0.39, 0.29) is 12.6 Å². The van der Waals surface area contributed by atoms with Crippen LogP contribution < -0.4 is 5.32 Å². The molecule has 0 saturated heterocycles. The van der Waals surface area contributed by atoms with Gasteiger partial charge in [-0.15, -0.1) is 0 Å². The highest BCUT2D eigenvalue weighted by Crippen LogP contribution is 2.22. The second-order valence-electron chi connectivity index (χ2n) is 5.70. The third kappa shape index (κ3) is 4.33. The fraction of sp³-hybridized carbons (Fsp3) is 0.375. The maximum atomic E-state index is 12.2. The van der Waals surface area contributed by atoms with Crippen LogP contribution in [0.5, 0.6) is 0 Å². The Hall–Kier alpha value is -2.34. The highest BCUT2D eigenvalue weighted by atomic mass is 16.5. The molecule has 1 aromatic heterocycles. The first kappa shape index (κ1) is 16.0. The smallest absolute Gasteiger partial charge is 0.323 e. The molecule has 1 aromatic carbocycles. The van der Waals surface area contributed by atoms with E-state index in [0.717, 1.165) is 5.56 Å². The number of nitrogens with one attached hydrogen (secondary N) is 1. The predicted molar refractivity (Wildman–Crippen MR) is 84.5 cm³/mol. The number of carbonyl (C=O) groups is 1. The summed E-state index contributed by atoms with van der Waals surface area (Å²) in [5.41, 5.74) is -0.0637. The number of anilines is 1. The number of carbonyl (C=O) groups excluding carboxylic acids is 1. The van der Waals surface area contributed by atoms with Gasteiger partial charge in [0.25, 0.3) is 0 Å². The van der Waals surface area contributed by atoms with E-state index in [2.05, 4.69) is 10.5 Å². The van der Waals surface area contributed by atoms with Gasteiger partial charge in [0.2, 0.25) is 0 Å². The number of aromatic nitrogens is 1.